The lowest BCUT2D eigenvalue weighted by Gasteiger charge is -2.29. The monoisotopic (exact) mass is 264 g/mol. The summed E-state index contributed by atoms with van der Waals surface area (Å²) in [6, 6.07) is 2.42. The standard InChI is InChI=1S/C14H24N4O/c1-6-18(5)13-16-11(14(2,3)4)7-12(17-13)15-10-8-19-9-10/h7,10H,6,8-9H2,1-5H3,(H,15,16,17). The van der Waals surface area contributed by atoms with Crippen molar-refractivity contribution in [3.8, 4) is 0 Å². The van der Waals surface area contributed by atoms with Gasteiger partial charge in [0.25, 0.3) is 0 Å². The van der Waals surface area contributed by atoms with Crippen molar-refractivity contribution < 1.29 is 4.74 Å². The molecule has 1 aromatic rings. The quantitative estimate of drug-likeness (QED) is 0.902. The number of hydrogen-bond acceptors (Lipinski definition) is 5. The third-order valence-corrected chi connectivity index (χ3v) is 3.29. The highest BCUT2D eigenvalue weighted by Gasteiger charge is 2.22. The zero-order chi connectivity index (χ0) is 14.0. The van der Waals surface area contributed by atoms with Gasteiger partial charge in [0.05, 0.1) is 24.9 Å². The number of aromatic nitrogens is 2. The molecule has 2 rings (SSSR count). The van der Waals surface area contributed by atoms with Gasteiger partial charge in [0.2, 0.25) is 5.95 Å². The van der Waals surface area contributed by atoms with Gasteiger partial charge >= 0.3 is 0 Å². The number of anilines is 2. The Kier molecular flexibility index (Phi) is 3.94. The molecule has 1 aliphatic heterocycles. The lowest BCUT2D eigenvalue weighted by molar-refractivity contribution is 0.0209. The number of nitrogens with zero attached hydrogens (tertiary/aromatic N) is 3. The zero-order valence-electron chi connectivity index (χ0n) is 12.5. The van der Waals surface area contributed by atoms with Gasteiger partial charge < -0.3 is 15.0 Å². The van der Waals surface area contributed by atoms with Crippen LogP contribution in [0.15, 0.2) is 6.07 Å². The van der Waals surface area contributed by atoms with E-state index < -0.39 is 0 Å². The Morgan fingerprint density at radius 2 is 2.05 bits per heavy atom. The minimum absolute atomic E-state index is 0.0127. The summed E-state index contributed by atoms with van der Waals surface area (Å²) in [4.78, 5) is 11.3. The number of ether oxygens (including phenoxy) is 1. The van der Waals surface area contributed by atoms with Crippen molar-refractivity contribution in [3.05, 3.63) is 11.8 Å². The molecule has 0 radical (unpaired) electrons. The van der Waals surface area contributed by atoms with Crippen molar-refractivity contribution in [2.24, 2.45) is 0 Å². The second-order valence-electron chi connectivity index (χ2n) is 6.08. The minimum Gasteiger partial charge on any atom is -0.377 e. The average Bonchev–Trinajstić information content (AvgIpc) is 2.31. The molecule has 106 valence electrons. The van der Waals surface area contributed by atoms with E-state index in [-0.39, 0.29) is 5.41 Å². The van der Waals surface area contributed by atoms with Crippen molar-refractivity contribution in [2.75, 3.05) is 37.0 Å². The summed E-state index contributed by atoms with van der Waals surface area (Å²) in [6.45, 7) is 11.0. The van der Waals surface area contributed by atoms with E-state index in [1.54, 1.807) is 0 Å². The second kappa shape index (κ2) is 5.33. The fourth-order valence-corrected chi connectivity index (χ4v) is 1.73. The lowest BCUT2D eigenvalue weighted by atomic mass is 9.92. The van der Waals surface area contributed by atoms with Crippen LogP contribution in [0.25, 0.3) is 0 Å². The number of rotatable bonds is 4. The molecule has 1 saturated heterocycles. The maximum absolute atomic E-state index is 5.19. The second-order valence-corrected chi connectivity index (χ2v) is 6.08. The van der Waals surface area contributed by atoms with E-state index in [0.717, 1.165) is 37.2 Å². The first kappa shape index (κ1) is 14.1. The van der Waals surface area contributed by atoms with Gasteiger partial charge in [0.15, 0.2) is 0 Å². The van der Waals surface area contributed by atoms with E-state index in [0.29, 0.717) is 6.04 Å². The molecule has 0 atom stereocenters. The van der Waals surface area contributed by atoms with Gasteiger partial charge in [-0.1, -0.05) is 20.8 Å². The molecule has 2 heterocycles. The van der Waals surface area contributed by atoms with Crippen LogP contribution < -0.4 is 10.2 Å². The Balaban J connectivity index is 2.30. The third kappa shape index (κ3) is 3.35. The van der Waals surface area contributed by atoms with E-state index in [1.165, 1.54) is 0 Å². The van der Waals surface area contributed by atoms with Gasteiger partial charge in [-0.3, -0.25) is 0 Å². The van der Waals surface area contributed by atoms with Crippen molar-refractivity contribution in [2.45, 2.75) is 39.2 Å². The first-order valence-corrected chi connectivity index (χ1v) is 6.85. The van der Waals surface area contributed by atoms with Gasteiger partial charge in [0.1, 0.15) is 5.82 Å². The molecule has 0 unspecified atom stereocenters. The highest BCUT2D eigenvalue weighted by molar-refractivity contribution is 5.45. The van der Waals surface area contributed by atoms with E-state index in [4.69, 9.17) is 4.74 Å². The molecule has 0 aromatic carbocycles. The van der Waals surface area contributed by atoms with Crippen LogP contribution in [-0.2, 0) is 10.2 Å². The predicted octanol–water partition coefficient (Wildman–Crippen LogP) is 2.04. The summed E-state index contributed by atoms with van der Waals surface area (Å²) in [5.74, 6) is 1.67. The van der Waals surface area contributed by atoms with E-state index in [9.17, 15) is 0 Å². The van der Waals surface area contributed by atoms with Crippen molar-refractivity contribution >= 4 is 11.8 Å². The van der Waals surface area contributed by atoms with Gasteiger partial charge in [-0.05, 0) is 6.92 Å². The van der Waals surface area contributed by atoms with Crippen LogP contribution in [0.4, 0.5) is 11.8 Å². The maximum atomic E-state index is 5.19. The molecule has 1 aromatic heterocycles. The normalized spacial score (nSPS) is 16.1. The molecule has 5 nitrogen and oxygen atoms in total. The molecule has 5 heteroatoms. The topological polar surface area (TPSA) is 50.3 Å². The smallest absolute Gasteiger partial charge is 0.227 e. The number of nitrogens with one attached hydrogen (secondary N) is 1. The SMILES string of the molecule is CCN(C)c1nc(NC2COC2)cc(C(C)(C)C)n1. The summed E-state index contributed by atoms with van der Waals surface area (Å²) < 4.78 is 5.19. The minimum atomic E-state index is 0.0127. The fraction of sp³-hybridized carbons (Fsp3) is 0.714. The maximum Gasteiger partial charge on any atom is 0.227 e. The van der Waals surface area contributed by atoms with Crippen LogP contribution in [0, 0.1) is 0 Å². The van der Waals surface area contributed by atoms with Crippen LogP contribution in [0.5, 0.6) is 0 Å². The fourth-order valence-electron chi connectivity index (χ4n) is 1.73. The predicted molar refractivity (Wildman–Crippen MR) is 77.9 cm³/mol. The molecule has 1 fully saturated rings. The molecule has 0 aliphatic carbocycles. The molecule has 1 N–H and O–H groups in total. The van der Waals surface area contributed by atoms with Gasteiger partial charge in [-0.15, -0.1) is 0 Å². The van der Waals surface area contributed by atoms with E-state index in [2.05, 4.69) is 47.9 Å². The Labute approximate surface area is 115 Å². The summed E-state index contributed by atoms with van der Waals surface area (Å²) in [5, 5.41) is 3.41. The summed E-state index contributed by atoms with van der Waals surface area (Å²) in [7, 11) is 2.01. The molecule has 1 aliphatic rings. The van der Waals surface area contributed by atoms with E-state index >= 15 is 0 Å². The van der Waals surface area contributed by atoms with Crippen LogP contribution in [0.2, 0.25) is 0 Å². The van der Waals surface area contributed by atoms with Crippen molar-refractivity contribution in [1.29, 1.82) is 0 Å². The molecule has 0 amide bonds. The summed E-state index contributed by atoms with van der Waals surface area (Å²) >= 11 is 0. The highest BCUT2D eigenvalue weighted by Crippen LogP contribution is 2.25. The van der Waals surface area contributed by atoms with Gasteiger partial charge in [-0.2, -0.15) is 4.98 Å². The Bertz CT molecular complexity index is 438. The molecule has 0 bridgehead atoms. The lowest BCUT2D eigenvalue weighted by Crippen LogP contribution is -2.40. The van der Waals surface area contributed by atoms with Crippen LogP contribution in [0.3, 0.4) is 0 Å². The summed E-state index contributed by atoms with van der Waals surface area (Å²) in [6.07, 6.45) is 0. The van der Waals surface area contributed by atoms with E-state index in [1.807, 2.05) is 13.1 Å². The molecule has 19 heavy (non-hydrogen) atoms. The van der Waals surface area contributed by atoms with Gasteiger partial charge in [0, 0.05) is 25.1 Å². The Morgan fingerprint density at radius 3 is 2.53 bits per heavy atom. The summed E-state index contributed by atoms with van der Waals surface area (Å²) in [5.41, 5.74) is 1.07. The molecule has 0 saturated carbocycles. The molecular formula is C14H24N4O. The van der Waals surface area contributed by atoms with Crippen LogP contribution in [-0.4, -0.2) is 42.8 Å². The third-order valence-electron chi connectivity index (χ3n) is 3.29. The molecular weight excluding hydrogens is 240 g/mol. The zero-order valence-corrected chi connectivity index (χ0v) is 12.5. The first-order valence-electron chi connectivity index (χ1n) is 6.85. The average molecular weight is 264 g/mol. The van der Waals surface area contributed by atoms with Crippen molar-refractivity contribution in [3.63, 3.8) is 0 Å². The number of hydrogen-bond donors (Lipinski definition) is 1. The largest absolute Gasteiger partial charge is 0.377 e. The molecule has 0 spiro atoms. The van der Waals surface area contributed by atoms with Crippen molar-refractivity contribution in [1.82, 2.24) is 9.97 Å². The van der Waals surface area contributed by atoms with Crippen LogP contribution >= 0.6 is 0 Å². The first-order chi connectivity index (χ1) is 8.90. The highest BCUT2D eigenvalue weighted by atomic mass is 16.5. The van der Waals surface area contributed by atoms with Gasteiger partial charge in [-0.25, -0.2) is 4.98 Å². The Morgan fingerprint density at radius 1 is 1.37 bits per heavy atom. The van der Waals surface area contributed by atoms with Crippen LogP contribution in [0.1, 0.15) is 33.4 Å². The Hall–Kier alpha value is -1.36.